The summed E-state index contributed by atoms with van der Waals surface area (Å²) in [7, 11) is 0. The van der Waals surface area contributed by atoms with Gasteiger partial charge in [0.2, 0.25) is 0 Å². The second-order valence-electron chi connectivity index (χ2n) is 6.97. The van der Waals surface area contributed by atoms with E-state index in [-0.39, 0.29) is 24.0 Å². The summed E-state index contributed by atoms with van der Waals surface area (Å²) >= 11 is 0. The molecule has 0 atom stereocenters. The standard InChI is InChI=1S/C20H20FN3O3/c21-16-10-15(11-22-12-16)19(26)23-8-6-20(7-9-23)14-24(18(25)13-27-20)17-4-2-1-3-5-17/h1-5,10-12H,6-9,13-14H2. The molecule has 0 aliphatic carbocycles. The summed E-state index contributed by atoms with van der Waals surface area (Å²) < 4.78 is 19.3. The summed E-state index contributed by atoms with van der Waals surface area (Å²) in [5.74, 6) is -0.818. The first-order valence-corrected chi connectivity index (χ1v) is 8.96. The monoisotopic (exact) mass is 369 g/mol. The maximum atomic E-state index is 13.3. The van der Waals surface area contributed by atoms with Crippen LogP contribution in [0.25, 0.3) is 0 Å². The van der Waals surface area contributed by atoms with Crippen LogP contribution in [-0.4, -0.2) is 53.5 Å². The molecule has 2 aliphatic rings. The summed E-state index contributed by atoms with van der Waals surface area (Å²) in [6.45, 7) is 1.49. The van der Waals surface area contributed by atoms with Gasteiger partial charge in [0.1, 0.15) is 12.4 Å². The van der Waals surface area contributed by atoms with Gasteiger partial charge in [0.15, 0.2) is 0 Å². The number of hydrogen-bond donors (Lipinski definition) is 0. The Balaban J connectivity index is 1.45. The molecule has 27 heavy (non-hydrogen) atoms. The Morgan fingerprint density at radius 1 is 1.15 bits per heavy atom. The molecule has 0 saturated carbocycles. The van der Waals surface area contributed by atoms with Crippen LogP contribution in [-0.2, 0) is 9.53 Å². The largest absolute Gasteiger partial charge is 0.363 e. The Hall–Kier alpha value is -2.80. The number of aromatic nitrogens is 1. The van der Waals surface area contributed by atoms with Gasteiger partial charge >= 0.3 is 0 Å². The number of para-hydroxylation sites is 1. The molecule has 0 radical (unpaired) electrons. The number of hydrogen-bond acceptors (Lipinski definition) is 4. The second kappa shape index (κ2) is 7.08. The molecular formula is C20H20FN3O3. The van der Waals surface area contributed by atoms with E-state index >= 15 is 0 Å². The van der Waals surface area contributed by atoms with Gasteiger partial charge in [-0.3, -0.25) is 14.6 Å². The quantitative estimate of drug-likeness (QED) is 0.815. The summed E-state index contributed by atoms with van der Waals surface area (Å²) in [5.41, 5.74) is 0.645. The molecule has 0 bridgehead atoms. The van der Waals surface area contributed by atoms with Crippen LogP contribution in [0.2, 0.25) is 0 Å². The fourth-order valence-corrected chi connectivity index (χ4v) is 3.69. The number of piperidine rings is 1. The van der Waals surface area contributed by atoms with E-state index in [1.54, 1.807) is 9.80 Å². The van der Waals surface area contributed by atoms with Crippen molar-refractivity contribution in [1.29, 1.82) is 0 Å². The van der Waals surface area contributed by atoms with Crippen LogP contribution in [0.15, 0.2) is 48.8 Å². The highest BCUT2D eigenvalue weighted by Gasteiger charge is 2.43. The van der Waals surface area contributed by atoms with E-state index in [1.165, 1.54) is 12.3 Å². The number of anilines is 1. The zero-order valence-corrected chi connectivity index (χ0v) is 14.8. The highest BCUT2D eigenvalue weighted by molar-refractivity contribution is 5.95. The zero-order chi connectivity index (χ0) is 18.9. The van der Waals surface area contributed by atoms with Gasteiger partial charge in [-0.05, 0) is 31.0 Å². The normalized spacial score (nSPS) is 19.4. The van der Waals surface area contributed by atoms with Crippen LogP contribution in [0, 0.1) is 5.82 Å². The van der Waals surface area contributed by atoms with Crippen LogP contribution >= 0.6 is 0 Å². The van der Waals surface area contributed by atoms with Gasteiger partial charge in [-0.25, -0.2) is 4.39 Å². The average Bonchev–Trinajstić information content (AvgIpc) is 2.71. The van der Waals surface area contributed by atoms with Gasteiger partial charge in [-0.15, -0.1) is 0 Å². The Labute approximate surface area is 156 Å². The molecule has 6 nitrogen and oxygen atoms in total. The van der Waals surface area contributed by atoms with Crippen LogP contribution in [0.3, 0.4) is 0 Å². The number of amides is 2. The third-order valence-electron chi connectivity index (χ3n) is 5.23. The molecule has 2 amide bonds. The van der Waals surface area contributed by atoms with Crippen molar-refractivity contribution in [3.05, 3.63) is 60.2 Å². The van der Waals surface area contributed by atoms with Crippen molar-refractivity contribution >= 4 is 17.5 Å². The number of pyridine rings is 1. The van der Waals surface area contributed by atoms with E-state index in [9.17, 15) is 14.0 Å². The average molecular weight is 369 g/mol. The minimum atomic E-state index is -0.526. The molecule has 7 heteroatoms. The molecule has 1 spiro atoms. The lowest BCUT2D eigenvalue weighted by Gasteiger charge is -2.47. The molecule has 2 aliphatic heterocycles. The predicted octanol–water partition coefficient (Wildman–Crippen LogP) is 2.26. The number of likely N-dealkylation sites (tertiary alicyclic amines) is 1. The van der Waals surface area contributed by atoms with Crippen molar-refractivity contribution in [1.82, 2.24) is 9.88 Å². The van der Waals surface area contributed by atoms with E-state index < -0.39 is 11.4 Å². The van der Waals surface area contributed by atoms with E-state index in [0.717, 1.165) is 11.9 Å². The minimum Gasteiger partial charge on any atom is -0.363 e. The lowest BCUT2D eigenvalue weighted by molar-refractivity contribution is -0.143. The highest BCUT2D eigenvalue weighted by atomic mass is 19.1. The Morgan fingerprint density at radius 3 is 2.59 bits per heavy atom. The number of morpholine rings is 1. The molecule has 0 unspecified atom stereocenters. The van der Waals surface area contributed by atoms with Crippen LogP contribution < -0.4 is 4.90 Å². The zero-order valence-electron chi connectivity index (χ0n) is 14.8. The fraction of sp³-hybridized carbons (Fsp3) is 0.350. The number of rotatable bonds is 2. The van der Waals surface area contributed by atoms with Crippen molar-refractivity contribution in [2.45, 2.75) is 18.4 Å². The number of nitrogens with zero attached hydrogens (tertiary/aromatic N) is 3. The Bertz CT molecular complexity index is 851. The number of benzene rings is 1. The van der Waals surface area contributed by atoms with Crippen molar-refractivity contribution in [2.24, 2.45) is 0 Å². The predicted molar refractivity (Wildman–Crippen MR) is 96.8 cm³/mol. The molecular weight excluding hydrogens is 349 g/mol. The number of halogens is 1. The number of carbonyl (C=O) groups excluding carboxylic acids is 2. The smallest absolute Gasteiger partial charge is 0.255 e. The van der Waals surface area contributed by atoms with Crippen molar-refractivity contribution in [3.8, 4) is 0 Å². The van der Waals surface area contributed by atoms with Gasteiger partial charge in [-0.1, -0.05) is 18.2 Å². The third-order valence-corrected chi connectivity index (χ3v) is 5.23. The number of ether oxygens (including phenoxy) is 1. The second-order valence-corrected chi connectivity index (χ2v) is 6.97. The molecule has 2 fully saturated rings. The van der Waals surface area contributed by atoms with Gasteiger partial charge in [0.05, 0.1) is 23.9 Å². The lowest BCUT2D eigenvalue weighted by Crippen LogP contribution is -2.59. The minimum absolute atomic E-state index is 0.0384. The first-order valence-electron chi connectivity index (χ1n) is 8.96. The van der Waals surface area contributed by atoms with Gasteiger partial charge < -0.3 is 14.5 Å². The first kappa shape index (κ1) is 17.6. The van der Waals surface area contributed by atoms with E-state index in [2.05, 4.69) is 4.98 Å². The van der Waals surface area contributed by atoms with Gasteiger partial charge in [0.25, 0.3) is 11.8 Å². The maximum Gasteiger partial charge on any atom is 0.255 e. The van der Waals surface area contributed by atoms with Crippen molar-refractivity contribution < 1.29 is 18.7 Å². The Morgan fingerprint density at radius 2 is 1.89 bits per heavy atom. The van der Waals surface area contributed by atoms with Gasteiger partial charge in [0, 0.05) is 25.0 Å². The molecule has 1 aromatic carbocycles. The highest BCUT2D eigenvalue weighted by Crippen LogP contribution is 2.33. The third kappa shape index (κ3) is 3.55. The molecule has 4 rings (SSSR count). The maximum absolute atomic E-state index is 13.3. The summed E-state index contributed by atoms with van der Waals surface area (Å²) in [4.78, 5) is 32.1. The first-order chi connectivity index (χ1) is 13.1. The summed E-state index contributed by atoms with van der Waals surface area (Å²) in [5, 5.41) is 0. The molecule has 2 saturated heterocycles. The summed E-state index contributed by atoms with van der Waals surface area (Å²) in [6, 6.07) is 10.7. The fourth-order valence-electron chi connectivity index (χ4n) is 3.69. The van der Waals surface area contributed by atoms with E-state index in [4.69, 9.17) is 4.74 Å². The van der Waals surface area contributed by atoms with Crippen LogP contribution in [0.1, 0.15) is 23.2 Å². The Kier molecular flexibility index (Phi) is 4.61. The lowest BCUT2D eigenvalue weighted by atomic mass is 9.88. The van der Waals surface area contributed by atoms with Gasteiger partial charge in [-0.2, -0.15) is 0 Å². The van der Waals surface area contributed by atoms with Crippen molar-refractivity contribution in [2.75, 3.05) is 31.1 Å². The van der Waals surface area contributed by atoms with Crippen LogP contribution in [0.5, 0.6) is 0 Å². The summed E-state index contributed by atoms with van der Waals surface area (Å²) in [6.07, 6.45) is 3.70. The van der Waals surface area contributed by atoms with E-state index in [0.29, 0.717) is 32.5 Å². The molecule has 2 aromatic rings. The van der Waals surface area contributed by atoms with E-state index in [1.807, 2.05) is 30.3 Å². The topological polar surface area (TPSA) is 62.7 Å². The molecule has 3 heterocycles. The number of carbonyl (C=O) groups is 2. The molecule has 0 N–H and O–H groups in total. The van der Waals surface area contributed by atoms with Crippen molar-refractivity contribution in [3.63, 3.8) is 0 Å². The van der Waals surface area contributed by atoms with Crippen LogP contribution in [0.4, 0.5) is 10.1 Å². The molecule has 1 aromatic heterocycles. The SMILES string of the molecule is O=C(c1cncc(F)c1)N1CCC2(CC1)CN(c1ccccc1)C(=O)CO2. The molecule has 140 valence electrons.